The number of nitrogens with zero attached hydrogens (tertiary/aromatic N) is 1. The molecule has 0 saturated carbocycles. The Morgan fingerprint density at radius 1 is 1.40 bits per heavy atom. The van der Waals surface area contributed by atoms with Crippen molar-refractivity contribution < 1.29 is 0 Å². The highest BCUT2D eigenvalue weighted by Crippen LogP contribution is 2.16. The largest absolute Gasteiger partial charge is 0.198 e. The predicted molar refractivity (Wildman–Crippen MR) is 60.2 cm³/mol. The second-order valence-electron chi connectivity index (χ2n) is 1.90. The lowest BCUT2D eigenvalue weighted by molar-refractivity contribution is 0.768. The Morgan fingerprint density at radius 3 is 2.60 bits per heavy atom. The molecule has 0 N–H and O–H groups in total. The Bertz CT molecular complexity index is 142. The standard InChI is InChI=1S/C7H9I2N/c8-7(9)5-3-1-2-4-6-10/h5H,1-4H2. The van der Waals surface area contributed by atoms with Crippen molar-refractivity contribution in [1.29, 1.82) is 5.26 Å². The van der Waals surface area contributed by atoms with Crippen LogP contribution >= 0.6 is 45.2 Å². The van der Waals surface area contributed by atoms with Gasteiger partial charge in [-0.05, 0) is 64.4 Å². The minimum Gasteiger partial charge on any atom is -0.198 e. The van der Waals surface area contributed by atoms with Crippen LogP contribution in [0.5, 0.6) is 0 Å². The maximum atomic E-state index is 8.21. The zero-order chi connectivity index (χ0) is 7.82. The summed E-state index contributed by atoms with van der Waals surface area (Å²) < 4.78 is 1.31. The Balaban J connectivity index is 3.07. The number of rotatable bonds is 4. The molecule has 0 amide bonds. The summed E-state index contributed by atoms with van der Waals surface area (Å²) in [4.78, 5) is 0. The summed E-state index contributed by atoms with van der Waals surface area (Å²) in [5, 5.41) is 8.21. The first kappa shape index (κ1) is 10.7. The monoisotopic (exact) mass is 361 g/mol. The van der Waals surface area contributed by atoms with E-state index in [2.05, 4.69) is 57.3 Å². The van der Waals surface area contributed by atoms with Gasteiger partial charge in [-0.3, -0.25) is 0 Å². The average Bonchev–Trinajstić information content (AvgIpc) is 1.87. The summed E-state index contributed by atoms with van der Waals surface area (Å²) >= 11 is 4.57. The molecule has 3 heteroatoms. The second-order valence-corrected chi connectivity index (χ2v) is 6.29. The molecular formula is C7H9I2N. The van der Waals surface area contributed by atoms with Crippen LogP contribution in [0.3, 0.4) is 0 Å². The Kier molecular flexibility index (Phi) is 8.33. The highest BCUT2D eigenvalue weighted by Gasteiger charge is 1.85. The molecule has 0 aliphatic heterocycles. The molecule has 0 aliphatic rings. The van der Waals surface area contributed by atoms with E-state index >= 15 is 0 Å². The van der Waals surface area contributed by atoms with Crippen LogP contribution in [0.25, 0.3) is 0 Å². The van der Waals surface area contributed by atoms with Crippen LogP contribution in [0.1, 0.15) is 25.7 Å². The third kappa shape index (κ3) is 8.69. The van der Waals surface area contributed by atoms with Crippen LogP contribution in [0.4, 0.5) is 0 Å². The van der Waals surface area contributed by atoms with Gasteiger partial charge >= 0.3 is 0 Å². The quantitative estimate of drug-likeness (QED) is 0.553. The predicted octanol–water partition coefficient (Wildman–Crippen LogP) is 3.78. The van der Waals surface area contributed by atoms with Gasteiger partial charge in [0.05, 0.1) is 6.07 Å². The van der Waals surface area contributed by atoms with Gasteiger partial charge in [0.15, 0.2) is 0 Å². The molecule has 0 atom stereocenters. The SMILES string of the molecule is N#CCCCCC=C(I)I. The molecule has 0 unspecified atom stereocenters. The molecule has 0 bridgehead atoms. The number of hydrogen-bond donors (Lipinski definition) is 0. The van der Waals surface area contributed by atoms with E-state index in [-0.39, 0.29) is 0 Å². The fourth-order valence-electron chi connectivity index (χ4n) is 0.560. The maximum absolute atomic E-state index is 8.21. The van der Waals surface area contributed by atoms with Crippen molar-refractivity contribution in [3.05, 3.63) is 7.66 Å². The average molecular weight is 361 g/mol. The Morgan fingerprint density at radius 2 is 2.10 bits per heavy atom. The Hall–Kier alpha value is 0.690. The minimum absolute atomic E-state index is 0.700. The molecular weight excluding hydrogens is 352 g/mol. The topological polar surface area (TPSA) is 23.8 Å². The first-order chi connectivity index (χ1) is 4.77. The summed E-state index contributed by atoms with van der Waals surface area (Å²) in [6.07, 6.45) is 6.18. The molecule has 56 valence electrons. The van der Waals surface area contributed by atoms with Crippen molar-refractivity contribution in [3.8, 4) is 6.07 Å². The van der Waals surface area contributed by atoms with E-state index < -0.39 is 0 Å². The molecule has 0 radical (unpaired) electrons. The highest BCUT2D eigenvalue weighted by atomic mass is 127. The third-order valence-corrected chi connectivity index (χ3v) is 1.92. The second kappa shape index (κ2) is 7.79. The summed E-state index contributed by atoms with van der Waals surface area (Å²) in [7, 11) is 0. The normalized spacial score (nSPS) is 8.50. The smallest absolute Gasteiger partial charge is 0.0621 e. The lowest BCUT2D eigenvalue weighted by atomic mass is 10.2. The number of unbranched alkanes of at least 4 members (excludes halogenated alkanes) is 3. The molecule has 0 saturated heterocycles. The lowest BCUT2D eigenvalue weighted by Crippen LogP contribution is -1.71. The molecule has 0 spiro atoms. The number of hydrogen-bond acceptors (Lipinski definition) is 1. The van der Waals surface area contributed by atoms with Gasteiger partial charge in [0.2, 0.25) is 0 Å². The van der Waals surface area contributed by atoms with E-state index in [1.54, 1.807) is 0 Å². The third-order valence-electron chi connectivity index (χ3n) is 1.04. The van der Waals surface area contributed by atoms with Crippen molar-refractivity contribution in [3.63, 3.8) is 0 Å². The van der Waals surface area contributed by atoms with Crippen LogP contribution < -0.4 is 0 Å². The number of halogens is 2. The molecule has 0 aromatic carbocycles. The summed E-state index contributed by atoms with van der Waals surface area (Å²) in [5.74, 6) is 0. The molecule has 0 aliphatic carbocycles. The molecule has 0 aromatic heterocycles. The number of allylic oxidation sites excluding steroid dienone is 1. The molecule has 0 aromatic rings. The van der Waals surface area contributed by atoms with Crippen molar-refractivity contribution >= 4 is 45.2 Å². The fourth-order valence-corrected chi connectivity index (χ4v) is 1.18. The van der Waals surface area contributed by atoms with Crippen LogP contribution in [-0.2, 0) is 0 Å². The van der Waals surface area contributed by atoms with Gasteiger partial charge < -0.3 is 0 Å². The molecule has 10 heavy (non-hydrogen) atoms. The van der Waals surface area contributed by atoms with Crippen LogP contribution in [0.2, 0.25) is 0 Å². The zero-order valence-electron chi connectivity index (χ0n) is 5.61. The van der Waals surface area contributed by atoms with E-state index in [1.165, 1.54) is 1.59 Å². The van der Waals surface area contributed by atoms with Gasteiger partial charge in [-0.2, -0.15) is 5.26 Å². The van der Waals surface area contributed by atoms with Gasteiger partial charge in [-0.25, -0.2) is 0 Å². The van der Waals surface area contributed by atoms with Crippen molar-refractivity contribution in [2.45, 2.75) is 25.7 Å². The zero-order valence-corrected chi connectivity index (χ0v) is 9.92. The van der Waals surface area contributed by atoms with Crippen molar-refractivity contribution in [2.75, 3.05) is 0 Å². The van der Waals surface area contributed by atoms with E-state index in [4.69, 9.17) is 5.26 Å². The highest BCUT2D eigenvalue weighted by molar-refractivity contribution is 14.2. The van der Waals surface area contributed by atoms with E-state index in [0.29, 0.717) is 6.42 Å². The molecule has 0 heterocycles. The van der Waals surface area contributed by atoms with Crippen molar-refractivity contribution in [2.24, 2.45) is 0 Å². The maximum Gasteiger partial charge on any atom is 0.0621 e. The molecule has 0 rings (SSSR count). The minimum atomic E-state index is 0.700. The summed E-state index contributed by atoms with van der Waals surface area (Å²) in [5.41, 5.74) is 0. The number of nitriles is 1. The summed E-state index contributed by atoms with van der Waals surface area (Å²) in [6.45, 7) is 0. The van der Waals surface area contributed by atoms with Gasteiger partial charge in [0.25, 0.3) is 0 Å². The molecule has 1 nitrogen and oxygen atoms in total. The van der Waals surface area contributed by atoms with E-state index in [1.807, 2.05) is 0 Å². The van der Waals surface area contributed by atoms with Crippen molar-refractivity contribution in [1.82, 2.24) is 0 Å². The van der Waals surface area contributed by atoms with Gasteiger partial charge in [0, 0.05) is 8.01 Å². The van der Waals surface area contributed by atoms with Crippen LogP contribution in [0.15, 0.2) is 7.66 Å². The lowest BCUT2D eigenvalue weighted by Gasteiger charge is -1.89. The molecule has 0 fully saturated rings. The van der Waals surface area contributed by atoms with Gasteiger partial charge in [0.1, 0.15) is 0 Å². The fraction of sp³-hybridized carbons (Fsp3) is 0.571. The van der Waals surface area contributed by atoms with E-state index in [0.717, 1.165) is 19.3 Å². The van der Waals surface area contributed by atoms with Gasteiger partial charge in [-0.1, -0.05) is 6.08 Å². The first-order valence-corrected chi connectivity index (χ1v) is 5.31. The van der Waals surface area contributed by atoms with Gasteiger partial charge in [-0.15, -0.1) is 0 Å². The van der Waals surface area contributed by atoms with Crippen LogP contribution in [-0.4, -0.2) is 0 Å². The summed E-state index contributed by atoms with van der Waals surface area (Å²) in [6, 6.07) is 2.13. The first-order valence-electron chi connectivity index (χ1n) is 3.15. The Labute approximate surface area is 89.2 Å². The van der Waals surface area contributed by atoms with Crippen LogP contribution in [0, 0.1) is 11.3 Å². The van der Waals surface area contributed by atoms with E-state index in [9.17, 15) is 0 Å².